The summed E-state index contributed by atoms with van der Waals surface area (Å²) in [6.07, 6.45) is -0.0292. The number of carboxylic acids is 2. The molecule has 0 radical (unpaired) electrons. The van der Waals surface area contributed by atoms with E-state index in [2.05, 4.69) is 0 Å². The van der Waals surface area contributed by atoms with Gasteiger partial charge >= 0.3 is 20.4 Å². The molecule has 0 aliphatic carbocycles. The molecule has 0 aromatic heterocycles. The minimum Gasteiger partial charge on any atom is -0.480 e. The van der Waals surface area contributed by atoms with Gasteiger partial charge in [0.25, 0.3) is 0 Å². The van der Waals surface area contributed by atoms with E-state index in [1.165, 1.54) is 0 Å². The lowest BCUT2D eigenvalue weighted by Crippen LogP contribution is -2.33. The first-order chi connectivity index (χ1) is 5.56. The number of nitrogens with zero attached hydrogens (tertiary/aromatic N) is 1. The molecule has 0 aliphatic rings. The fourth-order valence-electron chi connectivity index (χ4n) is 0.642. The second kappa shape index (κ2) is 5.62. The predicted molar refractivity (Wildman–Crippen MR) is 40.7 cm³/mol. The molecule has 0 rings (SSSR count). The number of rotatable bonds is 6. The third kappa shape index (κ3) is 5.76. The van der Waals surface area contributed by atoms with E-state index in [0.717, 1.165) is 4.90 Å². The first-order valence-corrected chi connectivity index (χ1v) is 4.18. The number of carboxylic acid groups (broad SMARTS) is 2. The van der Waals surface area contributed by atoms with Crippen molar-refractivity contribution in [3.05, 3.63) is 0 Å². The van der Waals surface area contributed by atoms with Gasteiger partial charge in [-0.3, -0.25) is 9.59 Å². The lowest BCUT2D eigenvalue weighted by atomic mass is 10.5. The van der Waals surface area contributed by atoms with E-state index >= 15 is 0 Å². The van der Waals surface area contributed by atoms with E-state index in [0.29, 0.717) is 0 Å². The highest BCUT2D eigenvalue weighted by Crippen LogP contribution is 1.97. The van der Waals surface area contributed by atoms with Crippen molar-refractivity contribution >= 4 is 20.4 Å². The average molecular weight is 194 g/mol. The molecular formula is C5H9NO5P+. The second-order valence-corrected chi connectivity index (χ2v) is 2.68. The summed E-state index contributed by atoms with van der Waals surface area (Å²) < 4.78 is 10.1. The van der Waals surface area contributed by atoms with E-state index in [1.807, 2.05) is 0 Å². The molecule has 1 unspecified atom stereocenters. The molecule has 0 aromatic rings. The van der Waals surface area contributed by atoms with Crippen LogP contribution >= 0.6 is 8.46 Å². The van der Waals surface area contributed by atoms with Crippen LogP contribution in [0.5, 0.6) is 0 Å². The van der Waals surface area contributed by atoms with E-state index < -0.39 is 33.5 Å². The molecule has 1 atom stereocenters. The van der Waals surface area contributed by atoms with Gasteiger partial charge in [-0.15, -0.1) is 0 Å². The molecule has 0 bridgehead atoms. The number of hydrogen-bond donors (Lipinski definition) is 2. The summed E-state index contributed by atoms with van der Waals surface area (Å²) >= 11 is 0. The lowest BCUT2D eigenvalue weighted by molar-refractivity contribution is -0.141. The minimum atomic E-state index is -1.13. The Hall–Kier alpha value is -1.00. The van der Waals surface area contributed by atoms with Gasteiger partial charge in [0.2, 0.25) is 0 Å². The van der Waals surface area contributed by atoms with Crippen LogP contribution in [-0.4, -0.2) is 46.4 Å². The van der Waals surface area contributed by atoms with Gasteiger partial charge in [0.1, 0.15) is 13.1 Å². The van der Waals surface area contributed by atoms with Crippen LogP contribution < -0.4 is 0 Å². The molecule has 0 amide bonds. The molecule has 0 spiro atoms. The molecule has 68 valence electrons. The van der Waals surface area contributed by atoms with Crippen molar-refractivity contribution in [3.63, 3.8) is 0 Å². The molecule has 2 N–H and O–H groups in total. The summed E-state index contributed by atoms with van der Waals surface area (Å²) in [5, 5.41) is 16.6. The molecule has 0 saturated heterocycles. The van der Waals surface area contributed by atoms with Crippen molar-refractivity contribution in [2.24, 2.45) is 0 Å². The van der Waals surface area contributed by atoms with Crippen molar-refractivity contribution in [2.75, 3.05) is 19.4 Å². The first-order valence-electron chi connectivity index (χ1n) is 3.07. The normalized spacial score (nSPS) is 10.4. The van der Waals surface area contributed by atoms with Crippen LogP contribution in [0, 0.1) is 0 Å². The fraction of sp³-hybridized carbons (Fsp3) is 0.600. The Labute approximate surface area is 70.0 Å². The minimum absolute atomic E-state index is 0.0292. The predicted octanol–water partition coefficient (Wildman–Crippen LogP) is -0.561. The van der Waals surface area contributed by atoms with E-state index in [1.54, 1.807) is 0 Å². The standard InChI is InChI=1S/C5H8NO5P/c7-4(8)1-6(3-12-11)2-5(9)10/h1-3H2,(H,7,8)(H,9,10)/p+1. The van der Waals surface area contributed by atoms with E-state index in [4.69, 9.17) is 10.2 Å². The highest BCUT2D eigenvalue weighted by molar-refractivity contribution is 7.23. The fourth-order valence-corrected chi connectivity index (χ4v) is 1.05. The molecule has 7 heteroatoms. The Bertz CT molecular complexity index is 178. The Morgan fingerprint density at radius 1 is 1.17 bits per heavy atom. The van der Waals surface area contributed by atoms with Gasteiger partial charge < -0.3 is 10.2 Å². The second-order valence-electron chi connectivity index (χ2n) is 2.08. The van der Waals surface area contributed by atoms with Crippen LogP contribution in [0.3, 0.4) is 0 Å². The van der Waals surface area contributed by atoms with Gasteiger partial charge in [0.05, 0.1) is 0 Å². The van der Waals surface area contributed by atoms with Crippen LogP contribution in [0.25, 0.3) is 0 Å². The van der Waals surface area contributed by atoms with Crippen LogP contribution in [0.1, 0.15) is 0 Å². The summed E-state index contributed by atoms with van der Waals surface area (Å²) in [6.45, 7) is -0.803. The number of hydrogen-bond acceptors (Lipinski definition) is 4. The monoisotopic (exact) mass is 194 g/mol. The molecule has 0 saturated carbocycles. The quantitative estimate of drug-likeness (QED) is 0.550. The Kier molecular flexibility index (Phi) is 5.16. The SMILES string of the molecule is O=[PH+]CN(CC(=O)O)CC(=O)O. The maximum atomic E-state index is 10.1. The Morgan fingerprint density at radius 2 is 1.58 bits per heavy atom. The average Bonchev–Trinajstić information content (AvgIpc) is 1.84. The van der Waals surface area contributed by atoms with E-state index in [9.17, 15) is 14.2 Å². The summed E-state index contributed by atoms with van der Waals surface area (Å²) in [6, 6.07) is 0. The highest BCUT2D eigenvalue weighted by Gasteiger charge is 2.15. The molecule has 0 heterocycles. The molecular weight excluding hydrogens is 185 g/mol. The van der Waals surface area contributed by atoms with Gasteiger partial charge in [0, 0.05) is 0 Å². The summed E-state index contributed by atoms with van der Waals surface area (Å²) in [7, 11) is -0.714. The van der Waals surface area contributed by atoms with Crippen LogP contribution in [0.4, 0.5) is 0 Å². The third-order valence-electron chi connectivity index (χ3n) is 1.01. The summed E-state index contributed by atoms with van der Waals surface area (Å²) in [5.41, 5.74) is 0. The van der Waals surface area contributed by atoms with E-state index in [-0.39, 0.29) is 6.29 Å². The largest absolute Gasteiger partial charge is 0.480 e. The van der Waals surface area contributed by atoms with Crippen LogP contribution in [0.15, 0.2) is 0 Å². The van der Waals surface area contributed by atoms with Crippen molar-refractivity contribution in [1.82, 2.24) is 4.90 Å². The Morgan fingerprint density at radius 3 is 1.83 bits per heavy atom. The number of carbonyl (C=O) groups is 2. The lowest BCUT2D eigenvalue weighted by Gasteiger charge is -2.09. The smallest absolute Gasteiger partial charge is 0.340 e. The third-order valence-corrected chi connectivity index (χ3v) is 1.58. The molecule has 0 fully saturated rings. The van der Waals surface area contributed by atoms with Gasteiger partial charge in [-0.05, 0) is 0 Å². The van der Waals surface area contributed by atoms with Crippen molar-refractivity contribution in [2.45, 2.75) is 0 Å². The molecule has 0 aromatic carbocycles. The topological polar surface area (TPSA) is 94.9 Å². The summed E-state index contributed by atoms with van der Waals surface area (Å²) in [5.74, 6) is -2.26. The Balaban J connectivity index is 3.93. The molecule has 0 aliphatic heterocycles. The van der Waals surface area contributed by atoms with Crippen LogP contribution in [-0.2, 0) is 14.2 Å². The molecule has 12 heavy (non-hydrogen) atoms. The first kappa shape index (κ1) is 11.0. The maximum Gasteiger partial charge on any atom is 0.340 e. The van der Waals surface area contributed by atoms with Gasteiger partial charge in [-0.1, -0.05) is 4.57 Å². The number of aliphatic carboxylic acids is 2. The maximum absolute atomic E-state index is 10.1. The van der Waals surface area contributed by atoms with Gasteiger partial charge in [-0.2, -0.15) is 0 Å². The molecule has 6 nitrogen and oxygen atoms in total. The summed E-state index contributed by atoms with van der Waals surface area (Å²) in [4.78, 5) is 21.3. The zero-order valence-electron chi connectivity index (χ0n) is 6.19. The van der Waals surface area contributed by atoms with Crippen molar-refractivity contribution in [1.29, 1.82) is 0 Å². The zero-order valence-corrected chi connectivity index (χ0v) is 7.19. The highest BCUT2D eigenvalue weighted by atomic mass is 31.1. The van der Waals surface area contributed by atoms with Crippen molar-refractivity contribution in [3.8, 4) is 0 Å². The van der Waals surface area contributed by atoms with Gasteiger partial charge in [-0.25, -0.2) is 4.90 Å². The van der Waals surface area contributed by atoms with Gasteiger partial charge in [0.15, 0.2) is 6.29 Å². The van der Waals surface area contributed by atoms with Crippen LogP contribution in [0.2, 0.25) is 0 Å². The zero-order chi connectivity index (χ0) is 9.56. The van der Waals surface area contributed by atoms with Crippen molar-refractivity contribution < 1.29 is 24.4 Å².